The van der Waals surface area contributed by atoms with Crippen LogP contribution in [0.15, 0.2) is 42.7 Å². The maximum absolute atomic E-state index is 12.9. The molecule has 1 aromatic heterocycles. The zero-order chi connectivity index (χ0) is 17.7. The van der Waals surface area contributed by atoms with Crippen molar-refractivity contribution < 1.29 is 22.7 Å². The Morgan fingerprint density at radius 2 is 2.08 bits per heavy atom. The standard InChI is InChI=1S/C17H17F3N2O2/c1-11-4-3-5-13(8-11)24-10-12(2)22-16(23)14-6-7-21-9-15(14)17(18,19)20/h3-9,12H,10H2,1-2H3,(H,22,23). The van der Waals surface area contributed by atoms with Crippen molar-refractivity contribution in [3.8, 4) is 5.75 Å². The lowest BCUT2D eigenvalue weighted by molar-refractivity contribution is -0.138. The topological polar surface area (TPSA) is 51.2 Å². The first-order chi connectivity index (χ1) is 11.3. The van der Waals surface area contributed by atoms with Crippen molar-refractivity contribution in [1.29, 1.82) is 0 Å². The van der Waals surface area contributed by atoms with Crippen LogP contribution in [-0.4, -0.2) is 23.5 Å². The number of pyridine rings is 1. The van der Waals surface area contributed by atoms with Crippen LogP contribution in [0, 0.1) is 6.92 Å². The number of nitrogens with zero attached hydrogens (tertiary/aromatic N) is 1. The van der Waals surface area contributed by atoms with Crippen molar-refractivity contribution in [3.63, 3.8) is 0 Å². The number of amides is 1. The minimum atomic E-state index is -4.64. The Labute approximate surface area is 137 Å². The summed E-state index contributed by atoms with van der Waals surface area (Å²) >= 11 is 0. The second-order valence-electron chi connectivity index (χ2n) is 5.42. The molecule has 1 aromatic carbocycles. The second-order valence-corrected chi connectivity index (χ2v) is 5.42. The number of hydrogen-bond donors (Lipinski definition) is 1. The van der Waals surface area contributed by atoms with Gasteiger partial charge in [0.2, 0.25) is 0 Å². The van der Waals surface area contributed by atoms with E-state index in [4.69, 9.17) is 4.74 Å². The Balaban J connectivity index is 1.99. The average molecular weight is 338 g/mol. The highest BCUT2D eigenvalue weighted by molar-refractivity contribution is 5.95. The van der Waals surface area contributed by atoms with E-state index in [0.29, 0.717) is 11.9 Å². The Bertz CT molecular complexity index is 717. The van der Waals surface area contributed by atoms with Gasteiger partial charge in [0, 0.05) is 12.4 Å². The fraction of sp³-hybridized carbons (Fsp3) is 0.294. The van der Waals surface area contributed by atoms with E-state index < -0.39 is 29.3 Å². The van der Waals surface area contributed by atoms with Crippen LogP contribution in [0.1, 0.15) is 28.4 Å². The monoisotopic (exact) mass is 338 g/mol. The molecule has 7 heteroatoms. The molecule has 24 heavy (non-hydrogen) atoms. The molecule has 0 aliphatic carbocycles. The molecule has 128 valence electrons. The van der Waals surface area contributed by atoms with Crippen LogP contribution in [0.4, 0.5) is 13.2 Å². The number of alkyl halides is 3. The van der Waals surface area contributed by atoms with Gasteiger partial charge >= 0.3 is 6.18 Å². The number of ether oxygens (including phenoxy) is 1. The predicted molar refractivity (Wildman–Crippen MR) is 82.8 cm³/mol. The molecule has 1 amide bonds. The van der Waals surface area contributed by atoms with Crippen LogP contribution in [0.2, 0.25) is 0 Å². The summed E-state index contributed by atoms with van der Waals surface area (Å²) in [5, 5.41) is 2.50. The van der Waals surface area contributed by atoms with Crippen LogP contribution in [0.25, 0.3) is 0 Å². The Kier molecular flexibility index (Phi) is 5.43. The summed E-state index contributed by atoms with van der Waals surface area (Å²) in [5.41, 5.74) is -0.495. The molecule has 2 rings (SSSR count). The van der Waals surface area contributed by atoms with Crippen LogP contribution in [0.3, 0.4) is 0 Å². The number of carbonyl (C=O) groups excluding carboxylic acids is 1. The van der Waals surface area contributed by atoms with Crippen LogP contribution in [-0.2, 0) is 6.18 Å². The SMILES string of the molecule is Cc1cccc(OCC(C)NC(=O)c2ccncc2C(F)(F)F)c1. The number of nitrogens with one attached hydrogen (secondary N) is 1. The van der Waals surface area contributed by atoms with E-state index in [9.17, 15) is 18.0 Å². The third kappa shape index (κ3) is 4.71. The Morgan fingerprint density at radius 1 is 1.33 bits per heavy atom. The van der Waals surface area contributed by atoms with E-state index in [2.05, 4.69) is 10.3 Å². The fourth-order valence-electron chi connectivity index (χ4n) is 2.09. The number of benzene rings is 1. The highest BCUT2D eigenvalue weighted by atomic mass is 19.4. The molecule has 1 atom stereocenters. The van der Waals surface area contributed by atoms with Gasteiger partial charge in [-0.05, 0) is 37.6 Å². The Hall–Kier alpha value is -2.57. The summed E-state index contributed by atoms with van der Waals surface area (Å²) in [4.78, 5) is 15.5. The number of hydrogen-bond acceptors (Lipinski definition) is 3. The number of carbonyl (C=O) groups is 1. The maximum atomic E-state index is 12.9. The first-order valence-electron chi connectivity index (χ1n) is 7.29. The molecule has 1 heterocycles. The summed E-state index contributed by atoms with van der Waals surface area (Å²) in [6.07, 6.45) is -2.84. The first kappa shape index (κ1) is 17.8. The number of aryl methyl sites for hydroxylation is 1. The summed E-state index contributed by atoms with van der Waals surface area (Å²) < 4.78 is 44.3. The van der Waals surface area contributed by atoms with Crippen molar-refractivity contribution in [3.05, 3.63) is 59.4 Å². The molecule has 0 saturated carbocycles. The zero-order valence-electron chi connectivity index (χ0n) is 13.2. The van der Waals surface area contributed by atoms with Gasteiger partial charge in [-0.15, -0.1) is 0 Å². The van der Waals surface area contributed by atoms with E-state index >= 15 is 0 Å². The van der Waals surface area contributed by atoms with Crippen molar-refractivity contribution in [2.75, 3.05) is 6.61 Å². The minimum Gasteiger partial charge on any atom is -0.491 e. The largest absolute Gasteiger partial charge is 0.491 e. The summed E-state index contributed by atoms with van der Waals surface area (Å²) in [5.74, 6) is -0.180. The first-order valence-corrected chi connectivity index (χ1v) is 7.29. The molecule has 2 aromatic rings. The van der Waals surface area contributed by atoms with Gasteiger partial charge in [0.15, 0.2) is 0 Å². The fourth-order valence-corrected chi connectivity index (χ4v) is 2.09. The van der Waals surface area contributed by atoms with Crippen molar-refractivity contribution in [2.45, 2.75) is 26.1 Å². The van der Waals surface area contributed by atoms with Crippen molar-refractivity contribution >= 4 is 5.91 Å². The average Bonchev–Trinajstić information content (AvgIpc) is 2.52. The van der Waals surface area contributed by atoms with Crippen LogP contribution < -0.4 is 10.1 Å². The molecule has 0 fully saturated rings. The number of rotatable bonds is 5. The van der Waals surface area contributed by atoms with E-state index in [0.717, 1.165) is 17.8 Å². The zero-order valence-corrected chi connectivity index (χ0v) is 13.2. The van der Waals surface area contributed by atoms with E-state index in [1.165, 1.54) is 0 Å². The molecule has 4 nitrogen and oxygen atoms in total. The van der Waals surface area contributed by atoms with Crippen LogP contribution >= 0.6 is 0 Å². The molecular weight excluding hydrogens is 321 g/mol. The molecular formula is C17H17F3N2O2. The molecule has 0 aliphatic rings. The summed E-state index contributed by atoms with van der Waals surface area (Å²) in [6.45, 7) is 3.71. The number of aromatic nitrogens is 1. The molecule has 1 unspecified atom stereocenters. The molecule has 0 saturated heterocycles. The lowest BCUT2D eigenvalue weighted by Crippen LogP contribution is -2.37. The van der Waals surface area contributed by atoms with Gasteiger partial charge in [0.1, 0.15) is 12.4 Å². The van der Waals surface area contributed by atoms with E-state index in [1.807, 2.05) is 25.1 Å². The van der Waals surface area contributed by atoms with Gasteiger partial charge in [-0.2, -0.15) is 13.2 Å². The van der Waals surface area contributed by atoms with E-state index in [-0.39, 0.29) is 6.61 Å². The normalized spacial score (nSPS) is 12.5. The van der Waals surface area contributed by atoms with Crippen LogP contribution in [0.5, 0.6) is 5.75 Å². The van der Waals surface area contributed by atoms with Gasteiger partial charge in [-0.25, -0.2) is 0 Å². The van der Waals surface area contributed by atoms with E-state index in [1.54, 1.807) is 13.0 Å². The molecule has 0 aliphatic heterocycles. The number of halogens is 3. The van der Waals surface area contributed by atoms with Gasteiger partial charge in [0.25, 0.3) is 5.91 Å². The molecule has 0 radical (unpaired) electrons. The van der Waals surface area contributed by atoms with Crippen molar-refractivity contribution in [1.82, 2.24) is 10.3 Å². The van der Waals surface area contributed by atoms with Crippen molar-refractivity contribution in [2.24, 2.45) is 0 Å². The Morgan fingerprint density at radius 3 is 2.75 bits per heavy atom. The second kappa shape index (κ2) is 7.33. The third-order valence-electron chi connectivity index (χ3n) is 3.24. The smallest absolute Gasteiger partial charge is 0.418 e. The molecule has 1 N–H and O–H groups in total. The predicted octanol–water partition coefficient (Wildman–Crippen LogP) is 3.61. The van der Waals surface area contributed by atoms with Gasteiger partial charge in [-0.1, -0.05) is 12.1 Å². The van der Waals surface area contributed by atoms with Gasteiger partial charge in [0.05, 0.1) is 17.2 Å². The third-order valence-corrected chi connectivity index (χ3v) is 3.24. The van der Waals surface area contributed by atoms with Gasteiger partial charge in [-0.3, -0.25) is 9.78 Å². The summed E-state index contributed by atoms with van der Waals surface area (Å²) in [6, 6.07) is 7.94. The minimum absolute atomic E-state index is 0.141. The summed E-state index contributed by atoms with van der Waals surface area (Å²) in [7, 11) is 0. The highest BCUT2D eigenvalue weighted by Gasteiger charge is 2.35. The quantitative estimate of drug-likeness (QED) is 0.906. The molecule has 0 bridgehead atoms. The maximum Gasteiger partial charge on any atom is 0.418 e. The molecule has 0 spiro atoms. The lowest BCUT2D eigenvalue weighted by atomic mass is 10.1. The highest BCUT2D eigenvalue weighted by Crippen LogP contribution is 2.31. The van der Waals surface area contributed by atoms with Gasteiger partial charge < -0.3 is 10.1 Å². The lowest BCUT2D eigenvalue weighted by Gasteiger charge is -2.17.